The summed E-state index contributed by atoms with van der Waals surface area (Å²) < 4.78 is 15.1. The maximum atomic E-state index is 12.4. The topological polar surface area (TPSA) is 85.4 Å². The highest BCUT2D eigenvalue weighted by molar-refractivity contribution is 5.96. The lowest BCUT2D eigenvalue weighted by molar-refractivity contribution is -0.146. The third-order valence-electron chi connectivity index (χ3n) is 4.78. The summed E-state index contributed by atoms with van der Waals surface area (Å²) in [5.41, 5.74) is 0. The Balaban J connectivity index is 1.98. The molecule has 0 aromatic heterocycles. The Morgan fingerprint density at radius 3 is 2.52 bits per heavy atom. The lowest BCUT2D eigenvalue weighted by Gasteiger charge is -2.41. The van der Waals surface area contributed by atoms with Crippen molar-refractivity contribution in [1.82, 2.24) is 9.80 Å². The van der Waals surface area contributed by atoms with Crippen molar-refractivity contribution in [3.63, 3.8) is 0 Å². The van der Waals surface area contributed by atoms with E-state index in [1.54, 1.807) is 11.8 Å². The first-order valence-corrected chi connectivity index (χ1v) is 8.88. The van der Waals surface area contributed by atoms with Gasteiger partial charge in [0.25, 0.3) is 0 Å². The molecule has 2 atom stereocenters. The van der Waals surface area contributed by atoms with Crippen LogP contribution in [0.25, 0.3) is 0 Å². The highest BCUT2D eigenvalue weighted by Crippen LogP contribution is 2.26. The third kappa shape index (κ3) is 5.67. The molecule has 2 aliphatic rings. The molecule has 8 nitrogen and oxygen atoms in total. The molecule has 0 bridgehead atoms. The highest BCUT2D eigenvalue weighted by Gasteiger charge is 2.36. The normalized spacial score (nSPS) is 24.6. The van der Waals surface area contributed by atoms with E-state index in [9.17, 15) is 14.4 Å². The summed E-state index contributed by atoms with van der Waals surface area (Å²) in [5, 5.41) is 0. The van der Waals surface area contributed by atoms with E-state index in [4.69, 9.17) is 14.2 Å². The lowest BCUT2D eigenvalue weighted by atomic mass is 9.86. The first-order chi connectivity index (χ1) is 12.0. The fraction of sp³-hybridized carbons (Fsp3) is 0.824. The zero-order chi connectivity index (χ0) is 18.2. The van der Waals surface area contributed by atoms with E-state index in [0.717, 1.165) is 13.1 Å². The number of ether oxygens (including phenoxy) is 3. The number of carbonyl (C=O) groups excluding carboxylic acids is 3. The Kier molecular flexibility index (Phi) is 7.64. The fourth-order valence-corrected chi connectivity index (χ4v) is 3.45. The van der Waals surface area contributed by atoms with Crippen molar-refractivity contribution in [2.45, 2.75) is 32.2 Å². The molecule has 25 heavy (non-hydrogen) atoms. The first kappa shape index (κ1) is 19.7. The molecule has 0 N–H and O–H groups in total. The monoisotopic (exact) mass is 356 g/mol. The van der Waals surface area contributed by atoms with Crippen molar-refractivity contribution in [1.29, 1.82) is 0 Å². The predicted molar refractivity (Wildman–Crippen MR) is 89.1 cm³/mol. The molecule has 0 spiro atoms. The van der Waals surface area contributed by atoms with Crippen molar-refractivity contribution >= 4 is 17.8 Å². The number of hydrogen-bond donors (Lipinski definition) is 0. The van der Waals surface area contributed by atoms with Crippen molar-refractivity contribution in [2.24, 2.45) is 5.92 Å². The number of methoxy groups -OCH3 is 1. The van der Waals surface area contributed by atoms with Crippen molar-refractivity contribution in [3.8, 4) is 0 Å². The molecule has 0 aliphatic carbocycles. The number of morpholine rings is 1. The summed E-state index contributed by atoms with van der Waals surface area (Å²) in [6.45, 7) is 6.11. The van der Waals surface area contributed by atoms with E-state index in [-0.39, 0.29) is 36.9 Å². The number of hydrogen-bond acceptors (Lipinski definition) is 7. The van der Waals surface area contributed by atoms with Crippen LogP contribution < -0.4 is 0 Å². The summed E-state index contributed by atoms with van der Waals surface area (Å²) in [7, 11) is 1.37. The fourth-order valence-electron chi connectivity index (χ4n) is 3.45. The quantitative estimate of drug-likeness (QED) is 0.511. The minimum absolute atomic E-state index is 0.101. The van der Waals surface area contributed by atoms with Crippen LogP contribution in [0.15, 0.2) is 0 Å². The van der Waals surface area contributed by atoms with Gasteiger partial charge in [0.1, 0.15) is 12.2 Å². The second-order valence-corrected chi connectivity index (χ2v) is 6.40. The van der Waals surface area contributed by atoms with Gasteiger partial charge in [-0.25, -0.2) is 4.79 Å². The van der Waals surface area contributed by atoms with E-state index in [1.807, 2.05) is 0 Å². The number of amides is 1. The molecule has 1 amide bonds. The number of rotatable bonds is 6. The van der Waals surface area contributed by atoms with Gasteiger partial charge in [-0.05, 0) is 19.8 Å². The number of likely N-dealkylation sites (tertiary alicyclic amines) is 1. The van der Waals surface area contributed by atoms with E-state index >= 15 is 0 Å². The third-order valence-corrected chi connectivity index (χ3v) is 4.78. The molecule has 2 rings (SSSR count). The summed E-state index contributed by atoms with van der Waals surface area (Å²) in [5.74, 6) is -0.807. The van der Waals surface area contributed by atoms with Gasteiger partial charge in [0, 0.05) is 38.1 Å². The Hall–Kier alpha value is -1.67. The van der Waals surface area contributed by atoms with Crippen LogP contribution in [-0.4, -0.2) is 86.8 Å². The van der Waals surface area contributed by atoms with Crippen LogP contribution in [0.3, 0.4) is 0 Å². The molecule has 0 saturated carbocycles. The van der Waals surface area contributed by atoms with Crippen molar-refractivity contribution in [2.75, 3.05) is 53.1 Å². The van der Waals surface area contributed by atoms with Gasteiger partial charge in [-0.1, -0.05) is 0 Å². The first-order valence-electron chi connectivity index (χ1n) is 8.88. The average molecular weight is 356 g/mol. The standard InChI is InChI=1S/C17H28N2O6/c1-3-25-16(21)11-15(20)13-4-5-19(17(22)23-2)14(10-13)12-18-6-8-24-9-7-18/h13-14H,3-12H2,1-2H3/t13-,14-/m1/s1. The van der Waals surface area contributed by atoms with Gasteiger partial charge >= 0.3 is 12.1 Å². The summed E-state index contributed by atoms with van der Waals surface area (Å²) in [4.78, 5) is 40.0. The number of nitrogens with zero attached hydrogens (tertiary/aromatic N) is 2. The number of esters is 1. The van der Waals surface area contributed by atoms with Crippen molar-refractivity contribution < 1.29 is 28.6 Å². The molecular formula is C17H28N2O6. The van der Waals surface area contributed by atoms with Crippen LogP contribution >= 0.6 is 0 Å². The molecular weight excluding hydrogens is 328 g/mol. The van der Waals surface area contributed by atoms with Gasteiger partial charge < -0.3 is 19.1 Å². The number of carbonyl (C=O) groups is 3. The second-order valence-electron chi connectivity index (χ2n) is 6.40. The second kappa shape index (κ2) is 9.72. The van der Waals surface area contributed by atoms with Gasteiger partial charge in [-0.3, -0.25) is 14.5 Å². The number of ketones is 1. The highest BCUT2D eigenvalue weighted by atomic mass is 16.5. The van der Waals surface area contributed by atoms with Gasteiger partial charge in [-0.15, -0.1) is 0 Å². The van der Waals surface area contributed by atoms with Gasteiger partial charge in [0.05, 0.1) is 26.9 Å². The van der Waals surface area contributed by atoms with Gasteiger partial charge in [-0.2, -0.15) is 0 Å². The van der Waals surface area contributed by atoms with Gasteiger partial charge in [0.2, 0.25) is 0 Å². The molecule has 0 unspecified atom stereocenters. The van der Waals surface area contributed by atoms with Crippen LogP contribution in [0, 0.1) is 5.92 Å². The summed E-state index contributed by atoms with van der Waals surface area (Å²) in [6, 6.07) is -0.101. The minimum Gasteiger partial charge on any atom is -0.466 e. The largest absolute Gasteiger partial charge is 0.466 e. The molecule has 8 heteroatoms. The Labute approximate surface area is 148 Å². The Morgan fingerprint density at radius 2 is 1.88 bits per heavy atom. The van der Waals surface area contributed by atoms with E-state index < -0.39 is 5.97 Å². The summed E-state index contributed by atoms with van der Waals surface area (Å²) in [6.07, 6.45) is 0.535. The maximum absolute atomic E-state index is 12.4. The average Bonchev–Trinajstić information content (AvgIpc) is 2.62. The minimum atomic E-state index is -0.479. The Morgan fingerprint density at radius 1 is 1.16 bits per heavy atom. The molecule has 2 aliphatic heterocycles. The van der Waals surface area contributed by atoms with E-state index in [1.165, 1.54) is 7.11 Å². The van der Waals surface area contributed by atoms with Gasteiger partial charge in [0.15, 0.2) is 0 Å². The molecule has 0 aromatic rings. The maximum Gasteiger partial charge on any atom is 0.409 e. The molecule has 0 radical (unpaired) electrons. The van der Waals surface area contributed by atoms with E-state index in [2.05, 4.69) is 4.90 Å². The smallest absolute Gasteiger partial charge is 0.409 e. The SMILES string of the molecule is CCOC(=O)CC(=O)[C@@H]1CCN(C(=O)OC)[C@@H](CN2CCOCC2)C1. The van der Waals surface area contributed by atoms with Crippen LogP contribution in [0.4, 0.5) is 4.79 Å². The van der Waals surface area contributed by atoms with Crippen LogP contribution in [0.5, 0.6) is 0 Å². The molecule has 0 aromatic carbocycles. The zero-order valence-electron chi connectivity index (χ0n) is 15.1. The molecule has 2 fully saturated rings. The summed E-state index contributed by atoms with van der Waals surface area (Å²) >= 11 is 0. The molecule has 142 valence electrons. The molecule has 2 heterocycles. The van der Waals surface area contributed by atoms with Crippen LogP contribution in [0.2, 0.25) is 0 Å². The number of Topliss-reactive ketones (excluding diaryl/α,β-unsaturated/α-hetero) is 1. The number of piperidine rings is 1. The zero-order valence-corrected chi connectivity index (χ0v) is 15.1. The van der Waals surface area contributed by atoms with Crippen molar-refractivity contribution in [3.05, 3.63) is 0 Å². The van der Waals surface area contributed by atoms with E-state index in [0.29, 0.717) is 39.1 Å². The van der Waals surface area contributed by atoms with Crippen LogP contribution in [0.1, 0.15) is 26.2 Å². The predicted octanol–water partition coefficient (Wildman–Crippen LogP) is 0.688. The van der Waals surface area contributed by atoms with Crippen LogP contribution in [-0.2, 0) is 23.8 Å². The Bertz CT molecular complexity index is 478. The lowest BCUT2D eigenvalue weighted by Crippen LogP contribution is -2.53. The molecule has 2 saturated heterocycles.